The number of hydrogen-bond donors (Lipinski definition) is 1. The molecule has 4 rings (SSSR count). The van der Waals surface area contributed by atoms with Crippen molar-refractivity contribution >= 4 is 5.91 Å². The Kier molecular flexibility index (Phi) is 5.15. The van der Waals surface area contributed by atoms with E-state index < -0.39 is 0 Å². The molecule has 0 radical (unpaired) electrons. The first-order chi connectivity index (χ1) is 13.6. The molecular formula is C23H24N4O. The first-order valence-corrected chi connectivity index (χ1v) is 9.75. The fraction of sp³-hybridized carbons (Fsp3) is 0.304. The van der Waals surface area contributed by atoms with Crippen molar-refractivity contribution in [1.29, 1.82) is 0 Å². The monoisotopic (exact) mass is 372 g/mol. The standard InChI is InChI=1S/C23H24N4O/c1-15-6-8-17(9-7-15)16(2)23(28)27-21-5-3-4-20-19(21)14-25-22(26-20)18-10-12-24-13-11-18/h6-14,16,21H,3-5H2,1-2H3,(H,27,28)/t16-,21-/m0/s1. The topological polar surface area (TPSA) is 67.8 Å². The van der Waals surface area contributed by atoms with E-state index in [1.165, 1.54) is 5.56 Å². The number of aryl methyl sites for hydroxylation is 2. The van der Waals surface area contributed by atoms with Crippen molar-refractivity contribution in [3.63, 3.8) is 0 Å². The van der Waals surface area contributed by atoms with Crippen LogP contribution in [0.5, 0.6) is 0 Å². The van der Waals surface area contributed by atoms with Crippen LogP contribution in [0.4, 0.5) is 0 Å². The fourth-order valence-electron chi connectivity index (χ4n) is 3.64. The van der Waals surface area contributed by atoms with Gasteiger partial charge in [-0.2, -0.15) is 0 Å². The minimum atomic E-state index is -0.192. The maximum absolute atomic E-state index is 12.8. The van der Waals surface area contributed by atoms with Crippen molar-refractivity contribution in [2.45, 2.75) is 45.1 Å². The number of nitrogens with zero attached hydrogens (tertiary/aromatic N) is 3. The molecule has 142 valence electrons. The molecule has 1 aliphatic rings. The molecule has 1 amide bonds. The molecule has 1 aromatic carbocycles. The summed E-state index contributed by atoms with van der Waals surface area (Å²) in [6.07, 6.45) is 8.19. The van der Waals surface area contributed by atoms with E-state index in [0.29, 0.717) is 5.82 Å². The second-order valence-corrected chi connectivity index (χ2v) is 7.42. The maximum Gasteiger partial charge on any atom is 0.227 e. The smallest absolute Gasteiger partial charge is 0.227 e. The summed E-state index contributed by atoms with van der Waals surface area (Å²) in [6, 6.07) is 11.9. The van der Waals surface area contributed by atoms with Gasteiger partial charge in [0.2, 0.25) is 5.91 Å². The van der Waals surface area contributed by atoms with Gasteiger partial charge in [0, 0.05) is 35.4 Å². The van der Waals surface area contributed by atoms with Gasteiger partial charge in [-0.25, -0.2) is 9.97 Å². The van der Waals surface area contributed by atoms with Gasteiger partial charge < -0.3 is 5.32 Å². The Hall–Kier alpha value is -3.08. The number of hydrogen-bond acceptors (Lipinski definition) is 4. The number of aromatic nitrogens is 3. The van der Waals surface area contributed by atoms with Gasteiger partial charge in [-0.05, 0) is 50.8 Å². The molecule has 5 heteroatoms. The zero-order chi connectivity index (χ0) is 19.5. The van der Waals surface area contributed by atoms with Crippen molar-refractivity contribution in [2.24, 2.45) is 0 Å². The number of fused-ring (bicyclic) bond motifs is 1. The lowest BCUT2D eigenvalue weighted by molar-refractivity contribution is -0.123. The maximum atomic E-state index is 12.8. The fourth-order valence-corrected chi connectivity index (χ4v) is 3.64. The SMILES string of the molecule is Cc1ccc([C@H](C)C(=O)N[C@H]2CCCc3nc(-c4ccncc4)ncc32)cc1. The summed E-state index contributed by atoms with van der Waals surface area (Å²) in [5.74, 6) is 0.559. The second kappa shape index (κ2) is 7.89. The van der Waals surface area contributed by atoms with Crippen LogP contribution in [0.3, 0.4) is 0 Å². The van der Waals surface area contributed by atoms with Gasteiger partial charge in [-0.15, -0.1) is 0 Å². The molecule has 2 heterocycles. The molecule has 0 saturated heterocycles. The van der Waals surface area contributed by atoms with Crippen molar-refractivity contribution in [2.75, 3.05) is 0 Å². The number of rotatable bonds is 4. The number of carbonyl (C=O) groups excluding carboxylic acids is 1. The Morgan fingerprint density at radius 3 is 2.64 bits per heavy atom. The zero-order valence-corrected chi connectivity index (χ0v) is 16.2. The van der Waals surface area contributed by atoms with Crippen LogP contribution in [0, 0.1) is 6.92 Å². The van der Waals surface area contributed by atoms with Crippen LogP contribution in [0.1, 0.15) is 54.1 Å². The molecule has 28 heavy (non-hydrogen) atoms. The number of amides is 1. The van der Waals surface area contributed by atoms with Crippen LogP contribution in [0.15, 0.2) is 55.0 Å². The van der Waals surface area contributed by atoms with Crippen molar-refractivity contribution < 1.29 is 4.79 Å². The number of nitrogens with one attached hydrogen (secondary N) is 1. The molecule has 5 nitrogen and oxygen atoms in total. The van der Waals surface area contributed by atoms with E-state index in [0.717, 1.165) is 41.6 Å². The van der Waals surface area contributed by atoms with E-state index in [-0.39, 0.29) is 17.9 Å². The lowest BCUT2D eigenvalue weighted by atomic mass is 9.91. The lowest BCUT2D eigenvalue weighted by Gasteiger charge is -2.27. The molecule has 0 spiro atoms. The van der Waals surface area contributed by atoms with Crippen LogP contribution < -0.4 is 5.32 Å². The average Bonchev–Trinajstić information content (AvgIpc) is 2.74. The van der Waals surface area contributed by atoms with Crippen LogP contribution >= 0.6 is 0 Å². The summed E-state index contributed by atoms with van der Waals surface area (Å²) in [5.41, 5.74) is 5.25. The van der Waals surface area contributed by atoms with Gasteiger partial charge in [0.15, 0.2) is 5.82 Å². The molecule has 0 unspecified atom stereocenters. The molecule has 0 saturated carbocycles. The highest BCUT2D eigenvalue weighted by atomic mass is 16.1. The van der Waals surface area contributed by atoms with Crippen LogP contribution in [-0.4, -0.2) is 20.9 Å². The van der Waals surface area contributed by atoms with E-state index >= 15 is 0 Å². The zero-order valence-electron chi connectivity index (χ0n) is 16.2. The second-order valence-electron chi connectivity index (χ2n) is 7.42. The van der Waals surface area contributed by atoms with Gasteiger partial charge in [0.05, 0.1) is 12.0 Å². The van der Waals surface area contributed by atoms with Gasteiger partial charge in [0.1, 0.15) is 0 Å². The molecule has 3 aromatic rings. The molecule has 1 N–H and O–H groups in total. The van der Waals surface area contributed by atoms with E-state index in [1.807, 2.05) is 56.4 Å². The van der Waals surface area contributed by atoms with E-state index in [2.05, 4.69) is 15.3 Å². The van der Waals surface area contributed by atoms with Crippen molar-refractivity contribution in [3.05, 3.63) is 77.4 Å². The summed E-state index contributed by atoms with van der Waals surface area (Å²) in [7, 11) is 0. The van der Waals surface area contributed by atoms with Crippen LogP contribution in [0.2, 0.25) is 0 Å². The van der Waals surface area contributed by atoms with Gasteiger partial charge in [0.25, 0.3) is 0 Å². The minimum Gasteiger partial charge on any atom is -0.349 e. The largest absolute Gasteiger partial charge is 0.349 e. The van der Waals surface area contributed by atoms with Gasteiger partial charge >= 0.3 is 0 Å². The third-order valence-corrected chi connectivity index (χ3v) is 5.41. The van der Waals surface area contributed by atoms with Crippen molar-refractivity contribution in [1.82, 2.24) is 20.3 Å². The normalized spacial score (nSPS) is 16.9. The summed E-state index contributed by atoms with van der Waals surface area (Å²) in [5, 5.41) is 3.22. The van der Waals surface area contributed by atoms with Gasteiger partial charge in [-0.3, -0.25) is 9.78 Å². The summed E-state index contributed by atoms with van der Waals surface area (Å²) >= 11 is 0. The summed E-state index contributed by atoms with van der Waals surface area (Å²) in [4.78, 5) is 26.2. The summed E-state index contributed by atoms with van der Waals surface area (Å²) in [6.45, 7) is 4.00. The molecule has 0 bridgehead atoms. The third-order valence-electron chi connectivity index (χ3n) is 5.41. The Labute approximate surface area is 165 Å². The minimum absolute atomic E-state index is 0.0318. The Balaban J connectivity index is 1.53. The number of carbonyl (C=O) groups is 1. The predicted octanol–water partition coefficient (Wildman–Crippen LogP) is 4.14. The highest BCUT2D eigenvalue weighted by molar-refractivity contribution is 5.83. The molecular weight excluding hydrogens is 348 g/mol. The Morgan fingerprint density at radius 2 is 1.89 bits per heavy atom. The molecule has 2 atom stereocenters. The third kappa shape index (κ3) is 3.79. The van der Waals surface area contributed by atoms with E-state index in [1.54, 1.807) is 12.4 Å². The highest BCUT2D eigenvalue weighted by Crippen LogP contribution is 2.30. The summed E-state index contributed by atoms with van der Waals surface area (Å²) < 4.78 is 0. The van der Waals surface area contributed by atoms with Crippen LogP contribution in [-0.2, 0) is 11.2 Å². The van der Waals surface area contributed by atoms with E-state index in [9.17, 15) is 4.79 Å². The number of pyridine rings is 1. The first-order valence-electron chi connectivity index (χ1n) is 9.75. The van der Waals surface area contributed by atoms with E-state index in [4.69, 9.17) is 4.98 Å². The van der Waals surface area contributed by atoms with Crippen LogP contribution in [0.25, 0.3) is 11.4 Å². The van der Waals surface area contributed by atoms with Gasteiger partial charge in [-0.1, -0.05) is 29.8 Å². The molecule has 0 aliphatic heterocycles. The quantitative estimate of drug-likeness (QED) is 0.747. The molecule has 0 fully saturated rings. The highest BCUT2D eigenvalue weighted by Gasteiger charge is 2.26. The van der Waals surface area contributed by atoms with Crippen molar-refractivity contribution in [3.8, 4) is 11.4 Å². The molecule has 1 aliphatic carbocycles. The lowest BCUT2D eigenvalue weighted by Crippen LogP contribution is -2.34. The first kappa shape index (κ1) is 18.3. The Bertz CT molecular complexity index is 970. The molecule has 2 aromatic heterocycles. The average molecular weight is 372 g/mol. The number of benzene rings is 1. The predicted molar refractivity (Wildman–Crippen MR) is 109 cm³/mol. The Morgan fingerprint density at radius 1 is 1.14 bits per heavy atom.